The van der Waals surface area contributed by atoms with Crippen molar-refractivity contribution < 1.29 is 22.4 Å². The van der Waals surface area contributed by atoms with Gasteiger partial charge in [-0.2, -0.15) is 0 Å². The first-order valence-corrected chi connectivity index (χ1v) is 11.3. The molecule has 0 aliphatic heterocycles. The standard InChI is InChI=1S/C23H16ClNO6S/c24-18-8-4-5-9-22(18)32(28,29)25-23(27)21-13-19(26)17-12-16(10-11-20(17)31-21)30-14-15-6-2-1-3-7-15/h1-13H,14H2,(H,25,27). The molecule has 0 aliphatic rings. The van der Waals surface area contributed by atoms with Gasteiger partial charge in [0.05, 0.1) is 10.4 Å². The highest BCUT2D eigenvalue weighted by atomic mass is 35.5. The topological polar surface area (TPSA) is 103 Å². The number of benzene rings is 3. The zero-order valence-electron chi connectivity index (χ0n) is 16.4. The van der Waals surface area contributed by atoms with Crippen LogP contribution >= 0.6 is 11.6 Å². The van der Waals surface area contributed by atoms with Gasteiger partial charge in [-0.3, -0.25) is 9.59 Å². The van der Waals surface area contributed by atoms with E-state index in [1.165, 1.54) is 30.3 Å². The molecule has 0 unspecified atom stereocenters. The van der Waals surface area contributed by atoms with Gasteiger partial charge in [0.15, 0.2) is 11.2 Å². The molecule has 7 nitrogen and oxygen atoms in total. The van der Waals surface area contributed by atoms with Gasteiger partial charge in [-0.05, 0) is 35.9 Å². The number of fused-ring (bicyclic) bond motifs is 1. The van der Waals surface area contributed by atoms with Gasteiger partial charge in [-0.1, -0.05) is 54.1 Å². The van der Waals surface area contributed by atoms with E-state index in [4.69, 9.17) is 20.8 Å². The van der Waals surface area contributed by atoms with Crippen LogP contribution in [0.1, 0.15) is 16.1 Å². The molecule has 1 aromatic heterocycles. The van der Waals surface area contributed by atoms with Crippen molar-refractivity contribution in [2.75, 3.05) is 0 Å². The van der Waals surface area contributed by atoms with Gasteiger partial charge in [0.2, 0.25) is 0 Å². The van der Waals surface area contributed by atoms with E-state index in [-0.39, 0.29) is 20.9 Å². The fraction of sp³-hybridized carbons (Fsp3) is 0.0435. The van der Waals surface area contributed by atoms with E-state index < -0.39 is 27.1 Å². The van der Waals surface area contributed by atoms with Crippen LogP contribution in [-0.4, -0.2) is 14.3 Å². The molecule has 9 heteroatoms. The van der Waals surface area contributed by atoms with Crippen molar-refractivity contribution >= 4 is 38.5 Å². The Balaban J connectivity index is 1.57. The van der Waals surface area contributed by atoms with Crippen LogP contribution in [0.15, 0.2) is 93.0 Å². The van der Waals surface area contributed by atoms with Crippen LogP contribution in [0.2, 0.25) is 5.02 Å². The monoisotopic (exact) mass is 469 g/mol. The van der Waals surface area contributed by atoms with Crippen molar-refractivity contribution in [2.45, 2.75) is 11.5 Å². The smallest absolute Gasteiger partial charge is 0.300 e. The van der Waals surface area contributed by atoms with Gasteiger partial charge in [-0.25, -0.2) is 13.1 Å². The summed E-state index contributed by atoms with van der Waals surface area (Å²) in [6.45, 7) is 0.318. The van der Waals surface area contributed by atoms with Crippen molar-refractivity contribution in [3.63, 3.8) is 0 Å². The van der Waals surface area contributed by atoms with Gasteiger partial charge in [-0.15, -0.1) is 0 Å². The molecule has 4 aromatic rings. The third kappa shape index (κ3) is 4.66. The minimum absolute atomic E-state index is 0.0456. The van der Waals surface area contributed by atoms with Crippen LogP contribution in [0, 0.1) is 0 Å². The lowest BCUT2D eigenvalue weighted by Gasteiger charge is -2.09. The Morgan fingerprint density at radius 3 is 2.44 bits per heavy atom. The Bertz CT molecular complexity index is 1470. The number of amides is 1. The molecular weight excluding hydrogens is 454 g/mol. The van der Waals surface area contributed by atoms with E-state index in [0.29, 0.717) is 12.4 Å². The molecular formula is C23H16ClNO6S. The molecule has 0 fully saturated rings. The maximum atomic E-state index is 12.6. The fourth-order valence-corrected chi connectivity index (χ4v) is 4.45. The Labute approximate surface area is 188 Å². The summed E-state index contributed by atoms with van der Waals surface area (Å²) in [6, 6.07) is 20.7. The number of sulfonamides is 1. The van der Waals surface area contributed by atoms with Crippen LogP contribution < -0.4 is 14.9 Å². The molecule has 0 saturated carbocycles. The summed E-state index contributed by atoms with van der Waals surface area (Å²) < 4.78 is 38.0. The molecule has 0 aliphatic carbocycles. The van der Waals surface area contributed by atoms with Gasteiger partial charge < -0.3 is 9.15 Å². The van der Waals surface area contributed by atoms with Gasteiger partial charge in [0, 0.05) is 6.07 Å². The Hall–Kier alpha value is -3.62. The number of carbonyl (C=O) groups excluding carboxylic acids is 1. The first-order chi connectivity index (χ1) is 15.3. The lowest BCUT2D eigenvalue weighted by atomic mass is 10.2. The highest BCUT2D eigenvalue weighted by Gasteiger charge is 2.23. The predicted octanol–water partition coefficient (Wildman–Crippen LogP) is 4.14. The van der Waals surface area contributed by atoms with Crippen LogP contribution in [0.25, 0.3) is 11.0 Å². The SMILES string of the molecule is O=C(NS(=O)(=O)c1ccccc1Cl)c1cc(=O)c2cc(OCc3ccccc3)ccc2o1. The maximum Gasteiger partial charge on any atom is 0.300 e. The largest absolute Gasteiger partial charge is 0.489 e. The highest BCUT2D eigenvalue weighted by molar-refractivity contribution is 7.90. The number of halogens is 1. The second kappa shape index (κ2) is 8.86. The van der Waals surface area contributed by atoms with Crippen molar-refractivity contribution in [1.29, 1.82) is 0 Å². The molecule has 0 saturated heterocycles. The molecule has 3 aromatic carbocycles. The summed E-state index contributed by atoms with van der Waals surface area (Å²) in [5.41, 5.74) is 0.563. The van der Waals surface area contributed by atoms with Crippen molar-refractivity contribution in [3.8, 4) is 5.75 Å². The van der Waals surface area contributed by atoms with Gasteiger partial charge in [0.1, 0.15) is 22.8 Å². The van der Waals surface area contributed by atoms with E-state index in [2.05, 4.69) is 0 Å². The molecule has 0 spiro atoms. The van der Waals surface area contributed by atoms with Crippen molar-refractivity contribution in [3.05, 3.63) is 105 Å². The number of hydrogen-bond acceptors (Lipinski definition) is 6. The second-order valence-electron chi connectivity index (χ2n) is 6.77. The zero-order valence-corrected chi connectivity index (χ0v) is 18.0. The van der Waals surface area contributed by atoms with E-state index in [0.717, 1.165) is 11.6 Å². The average Bonchev–Trinajstić information content (AvgIpc) is 2.78. The van der Waals surface area contributed by atoms with Crippen molar-refractivity contribution in [2.24, 2.45) is 0 Å². The number of carbonyl (C=O) groups is 1. The molecule has 0 bridgehead atoms. The van der Waals surface area contributed by atoms with E-state index in [9.17, 15) is 18.0 Å². The molecule has 0 atom stereocenters. The first-order valence-electron chi connectivity index (χ1n) is 9.40. The van der Waals surface area contributed by atoms with Gasteiger partial charge in [0.25, 0.3) is 10.0 Å². The minimum atomic E-state index is -4.26. The summed E-state index contributed by atoms with van der Waals surface area (Å²) in [5.74, 6) is -1.09. The number of rotatable bonds is 6. The van der Waals surface area contributed by atoms with Crippen LogP contribution in [0.4, 0.5) is 0 Å². The van der Waals surface area contributed by atoms with Crippen LogP contribution in [0.5, 0.6) is 5.75 Å². The molecule has 4 rings (SSSR count). The van der Waals surface area contributed by atoms with E-state index in [1.807, 2.05) is 35.1 Å². The fourth-order valence-electron chi connectivity index (χ4n) is 2.97. The molecule has 32 heavy (non-hydrogen) atoms. The minimum Gasteiger partial charge on any atom is -0.489 e. The summed E-state index contributed by atoms with van der Waals surface area (Å²) in [7, 11) is -4.26. The Morgan fingerprint density at radius 1 is 0.969 bits per heavy atom. The third-order valence-corrected chi connectivity index (χ3v) is 6.35. The lowest BCUT2D eigenvalue weighted by molar-refractivity contribution is 0.0955. The van der Waals surface area contributed by atoms with Gasteiger partial charge >= 0.3 is 5.91 Å². The van der Waals surface area contributed by atoms with Crippen molar-refractivity contribution in [1.82, 2.24) is 4.72 Å². The molecule has 0 radical (unpaired) electrons. The quantitative estimate of drug-likeness (QED) is 0.455. The average molecular weight is 470 g/mol. The molecule has 1 amide bonds. The van der Waals surface area contributed by atoms with Crippen LogP contribution in [-0.2, 0) is 16.6 Å². The number of hydrogen-bond donors (Lipinski definition) is 1. The summed E-state index contributed by atoms with van der Waals surface area (Å²) >= 11 is 5.91. The Morgan fingerprint density at radius 2 is 1.69 bits per heavy atom. The normalized spacial score (nSPS) is 11.3. The third-order valence-electron chi connectivity index (χ3n) is 4.52. The second-order valence-corrected chi connectivity index (χ2v) is 8.83. The lowest BCUT2D eigenvalue weighted by Crippen LogP contribution is -2.31. The summed E-state index contributed by atoms with van der Waals surface area (Å²) in [5, 5.41) is 0.150. The highest BCUT2D eigenvalue weighted by Crippen LogP contribution is 2.22. The molecule has 162 valence electrons. The van der Waals surface area contributed by atoms with E-state index in [1.54, 1.807) is 12.1 Å². The molecule has 1 N–H and O–H groups in total. The predicted molar refractivity (Wildman–Crippen MR) is 119 cm³/mol. The Kier molecular flexibility index (Phi) is 5.98. The number of nitrogens with one attached hydrogen (secondary N) is 1. The van der Waals surface area contributed by atoms with Crippen LogP contribution in [0.3, 0.4) is 0 Å². The number of ether oxygens (including phenoxy) is 1. The maximum absolute atomic E-state index is 12.6. The zero-order chi connectivity index (χ0) is 22.7. The first kappa shape index (κ1) is 21.6. The van der Waals surface area contributed by atoms with E-state index >= 15 is 0 Å². The summed E-state index contributed by atoms with van der Waals surface area (Å²) in [6.07, 6.45) is 0. The molecule has 1 heterocycles. The summed E-state index contributed by atoms with van der Waals surface area (Å²) in [4.78, 5) is 24.8.